The molecule has 2 aliphatic heterocycles. The number of rotatable bonds is 2. The Labute approximate surface area is 189 Å². The van der Waals surface area contributed by atoms with Gasteiger partial charge in [-0.15, -0.1) is 0 Å². The lowest BCUT2D eigenvalue weighted by Crippen LogP contribution is -2.48. The van der Waals surface area contributed by atoms with Gasteiger partial charge >= 0.3 is 0 Å². The molecular formula is C23H30N4O4S. The number of aryl methyl sites for hydroxylation is 2. The molecule has 2 aromatic rings. The zero-order chi connectivity index (χ0) is 22.8. The summed E-state index contributed by atoms with van der Waals surface area (Å²) < 4.78 is 33.7. The molecule has 1 amide bonds. The molecule has 1 aromatic heterocycles. The Bertz CT molecular complexity index is 1100. The minimum atomic E-state index is -3.61. The fourth-order valence-corrected chi connectivity index (χ4v) is 6.31. The maximum Gasteiger partial charge on any atom is 0.257 e. The van der Waals surface area contributed by atoms with E-state index < -0.39 is 10.0 Å². The second-order valence-electron chi connectivity index (χ2n) is 8.72. The zero-order valence-electron chi connectivity index (χ0n) is 18.6. The molecule has 0 radical (unpaired) electrons. The van der Waals surface area contributed by atoms with Gasteiger partial charge in [0.05, 0.1) is 11.4 Å². The van der Waals surface area contributed by atoms with E-state index in [1.54, 1.807) is 18.2 Å². The first-order valence-electron chi connectivity index (χ1n) is 10.9. The van der Waals surface area contributed by atoms with Crippen molar-refractivity contribution in [3.63, 3.8) is 0 Å². The van der Waals surface area contributed by atoms with Crippen LogP contribution in [-0.2, 0) is 21.2 Å². The van der Waals surface area contributed by atoms with E-state index in [4.69, 9.17) is 4.74 Å². The van der Waals surface area contributed by atoms with Crippen molar-refractivity contribution in [2.75, 3.05) is 26.2 Å². The zero-order valence-corrected chi connectivity index (χ0v) is 19.4. The molecule has 0 atom stereocenters. The maximum atomic E-state index is 13.2. The summed E-state index contributed by atoms with van der Waals surface area (Å²) in [7, 11) is -3.61. The third-order valence-electron chi connectivity index (χ3n) is 6.49. The molecule has 1 aromatic carbocycles. The molecule has 0 aliphatic carbocycles. The first-order chi connectivity index (χ1) is 15.3. The number of sulfonamides is 1. The average molecular weight is 459 g/mol. The summed E-state index contributed by atoms with van der Waals surface area (Å²) in [6.07, 6.45) is 7.14. The van der Waals surface area contributed by atoms with E-state index in [2.05, 4.69) is 27.7 Å². The lowest BCUT2D eigenvalue weighted by atomic mass is 9.76. The topological polar surface area (TPSA) is 104 Å². The van der Waals surface area contributed by atoms with Gasteiger partial charge in [0.2, 0.25) is 10.0 Å². The average Bonchev–Trinajstić information content (AvgIpc) is 3.13. The molecular weight excluding hydrogens is 428 g/mol. The number of hydrogen-bond acceptors (Lipinski definition) is 5. The smallest absolute Gasteiger partial charge is 0.257 e. The third-order valence-corrected chi connectivity index (χ3v) is 8.65. The van der Waals surface area contributed by atoms with Crippen LogP contribution in [0.15, 0.2) is 41.3 Å². The molecule has 0 saturated carbocycles. The Kier molecular flexibility index (Phi) is 6.39. The van der Waals surface area contributed by atoms with E-state index in [1.807, 2.05) is 24.3 Å². The van der Waals surface area contributed by atoms with Crippen molar-refractivity contribution >= 4 is 15.9 Å². The van der Waals surface area contributed by atoms with Crippen molar-refractivity contribution in [3.8, 4) is 5.75 Å². The first kappa shape index (κ1) is 22.5. The predicted molar refractivity (Wildman–Crippen MR) is 121 cm³/mol. The number of allylic oxidation sites excluding steroid dienone is 2. The Morgan fingerprint density at radius 2 is 1.88 bits per heavy atom. The summed E-state index contributed by atoms with van der Waals surface area (Å²) in [5.74, 6) is 0.564. The molecule has 4 rings (SSSR count). The number of ether oxygens (including phenoxy) is 1. The summed E-state index contributed by atoms with van der Waals surface area (Å²) in [5.41, 5.74) is 1.91. The van der Waals surface area contributed by atoms with Crippen LogP contribution in [0.5, 0.6) is 5.75 Å². The van der Waals surface area contributed by atoms with Gasteiger partial charge in [0.25, 0.3) is 5.91 Å². The lowest BCUT2D eigenvalue weighted by Gasteiger charge is -2.41. The molecule has 32 heavy (non-hydrogen) atoms. The Balaban J connectivity index is 1.50. The van der Waals surface area contributed by atoms with Crippen molar-refractivity contribution in [3.05, 3.63) is 53.4 Å². The molecule has 0 bridgehead atoms. The number of carbonyl (C=O) groups excluding carboxylic acids is 1. The molecule has 8 nitrogen and oxygen atoms in total. The quantitative estimate of drug-likeness (QED) is 0.673. The highest BCUT2D eigenvalue weighted by Crippen LogP contribution is 2.37. The van der Waals surface area contributed by atoms with Crippen LogP contribution in [0.3, 0.4) is 0 Å². The van der Waals surface area contributed by atoms with E-state index in [-0.39, 0.29) is 22.8 Å². The number of nitrogens with zero attached hydrogens (tertiary/aromatic N) is 2. The van der Waals surface area contributed by atoms with Crippen molar-refractivity contribution in [1.29, 1.82) is 0 Å². The molecule has 9 heteroatoms. The molecule has 1 fully saturated rings. The van der Waals surface area contributed by atoms with Crippen molar-refractivity contribution in [1.82, 2.24) is 19.8 Å². The molecule has 0 unspecified atom stereocenters. The highest BCUT2D eigenvalue weighted by molar-refractivity contribution is 7.89. The van der Waals surface area contributed by atoms with Crippen LogP contribution in [-0.4, -0.2) is 55.1 Å². The van der Waals surface area contributed by atoms with Crippen molar-refractivity contribution in [2.24, 2.45) is 5.41 Å². The van der Waals surface area contributed by atoms with Crippen LogP contribution in [0.4, 0.5) is 0 Å². The summed E-state index contributed by atoms with van der Waals surface area (Å²) in [6.45, 7) is 4.72. The summed E-state index contributed by atoms with van der Waals surface area (Å²) in [5, 5.41) is 9.82. The van der Waals surface area contributed by atoms with Crippen LogP contribution in [0, 0.1) is 19.3 Å². The number of hydrogen-bond donors (Lipinski definition) is 2. The maximum absolute atomic E-state index is 13.2. The fraction of sp³-hybridized carbons (Fsp3) is 0.478. The number of para-hydroxylation sites is 1. The van der Waals surface area contributed by atoms with Gasteiger partial charge in [0.1, 0.15) is 10.6 Å². The number of H-pyrrole nitrogens is 1. The van der Waals surface area contributed by atoms with Gasteiger partial charge in [-0.2, -0.15) is 9.40 Å². The summed E-state index contributed by atoms with van der Waals surface area (Å²) >= 11 is 0. The summed E-state index contributed by atoms with van der Waals surface area (Å²) in [6, 6.07) is 7.74. The highest BCUT2D eigenvalue weighted by atomic mass is 32.2. The van der Waals surface area contributed by atoms with Gasteiger partial charge in [-0.1, -0.05) is 30.4 Å². The number of carbonyl (C=O) groups is 1. The van der Waals surface area contributed by atoms with Crippen molar-refractivity contribution < 1.29 is 17.9 Å². The van der Waals surface area contributed by atoms with E-state index in [9.17, 15) is 13.2 Å². The Hall–Kier alpha value is -2.65. The number of fused-ring (bicyclic) bond motifs is 1. The largest absolute Gasteiger partial charge is 0.483 e. The first-order valence-corrected chi connectivity index (χ1v) is 12.4. The van der Waals surface area contributed by atoms with Gasteiger partial charge in [-0.05, 0) is 56.6 Å². The van der Waals surface area contributed by atoms with E-state index in [0.29, 0.717) is 43.9 Å². The van der Waals surface area contributed by atoms with Gasteiger partial charge < -0.3 is 10.1 Å². The van der Waals surface area contributed by atoms with Crippen LogP contribution in [0.25, 0.3) is 0 Å². The number of piperidine rings is 1. The number of benzene rings is 1. The molecule has 1 spiro atoms. The number of amides is 1. The molecule has 3 heterocycles. The standard InChI is InChI=1S/C23H30N4O4S/c1-17-22(18(2)26-25-17)32(29,30)27-13-11-23(12-14-27)10-6-5-8-19-7-3-4-9-20(19)31-15-21(28)24-16-23/h3-7,9H,8,10-16H2,1-2H3,(H,24,28)(H,25,26)/b6-5+. The Morgan fingerprint density at radius 3 is 2.59 bits per heavy atom. The van der Waals surface area contributed by atoms with Crippen LogP contribution in [0.1, 0.15) is 36.2 Å². The minimum Gasteiger partial charge on any atom is -0.483 e. The SMILES string of the molecule is Cc1n[nH]c(C)c1S(=O)(=O)N1CCC2(C/C=C/Cc3ccccc3OCC(=O)NC2)CC1. The van der Waals surface area contributed by atoms with Crippen LogP contribution >= 0.6 is 0 Å². The highest BCUT2D eigenvalue weighted by Gasteiger charge is 2.39. The third kappa shape index (κ3) is 4.59. The number of nitrogens with one attached hydrogen (secondary N) is 2. The molecule has 2 aliphatic rings. The van der Waals surface area contributed by atoms with Crippen molar-refractivity contribution in [2.45, 2.75) is 44.4 Å². The van der Waals surface area contributed by atoms with E-state index in [0.717, 1.165) is 24.2 Å². The van der Waals surface area contributed by atoms with E-state index >= 15 is 0 Å². The monoisotopic (exact) mass is 458 g/mol. The lowest BCUT2D eigenvalue weighted by molar-refractivity contribution is -0.123. The number of aromatic nitrogens is 2. The van der Waals surface area contributed by atoms with Crippen LogP contribution < -0.4 is 10.1 Å². The normalized spacial score (nSPS) is 21.0. The van der Waals surface area contributed by atoms with E-state index in [1.165, 1.54) is 0 Å². The van der Waals surface area contributed by atoms with Gasteiger partial charge in [-0.25, -0.2) is 8.42 Å². The molecule has 2 N–H and O–H groups in total. The second kappa shape index (κ2) is 9.07. The Morgan fingerprint density at radius 1 is 1.12 bits per heavy atom. The van der Waals surface area contributed by atoms with Crippen LogP contribution in [0.2, 0.25) is 0 Å². The fourth-order valence-electron chi connectivity index (χ4n) is 4.54. The second-order valence-corrected chi connectivity index (χ2v) is 10.6. The van der Waals surface area contributed by atoms with Gasteiger partial charge in [0.15, 0.2) is 6.61 Å². The van der Waals surface area contributed by atoms with Gasteiger partial charge in [-0.3, -0.25) is 9.89 Å². The predicted octanol–water partition coefficient (Wildman–Crippen LogP) is 2.50. The van der Waals surface area contributed by atoms with Gasteiger partial charge in [0, 0.05) is 19.6 Å². The minimum absolute atomic E-state index is 0.0314. The summed E-state index contributed by atoms with van der Waals surface area (Å²) in [4.78, 5) is 12.7. The molecule has 172 valence electrons. The number of aromatic amines is 1. The molecule has 1 saturated heterocycles.